The van der Waals surface area contributed by atoms with Crippen LogP contribution in [-0.2, 0) is 11.3 Å². The Labute approximate surface area is 166 Å². The fourth-order valence-corrected chi connectivity index (χ4v) is 3.06. The van der Waals surface area contributed by atoms with Crippen molar-refractivity contribution in [2.24, 2.45) is 10.9 Å². The summed E-state index contributed by atoms with van der Waals surface area (Å²) >= 11 is 6.19. The van der Waals surface area contributed by atoms with Crippen molar-refractivity contribution in [3.8, 4) is 0 Å². The lowest BCUT2D eigenvalue weighted by Gasteiger charge is -2.34. The first-order valence-corrected chi connectivity index (χ1v) is 8.41. The number of carbonyl (C=O) groups is 1. The molecule has 0 unspecified atom stereocenters. The fraction of sp³-hybridized carbons (Fsp3) is 0.529. The zero-order valence-electron chi connectivity index (χ0n) is 14.2. The Morgan fingerprint density at radius 2 is 2.00 bits per heavy atom. The molecule has 0 saturated carbocycles. The maximum atomic E-state index is 11.5. The molecule has 24 heavy (non-hydrogen) atoms. The number of carbonyl (C=O) groups excluding carboxylic acids is 1. The van der Waals surface area contributed by atoms with Crippen LogP contribution in [0.15, 0.2) is 29.3 Å². The lowest BCUT2D eigenvalue weighted by atomic mass is 9.93. The molecule has 1 amide bonds. The van der Waals surface area contributed by atoms with Crippen molar-refractivity contribution >= 4 is 47.4 Å². The van der Waals surface area contributed by atoms with Crippen molar-refractivity contribution in [1.29, 1.82) is 0 Å². The van der Waals surface area contributed by atoms with Crippen LogP contribution < -0.4 is 10.6 Å². The van der Waals surface area contributed by atoms with E-state index in [0.717, 1.165) is 42.5 Å². The summed E-state index contributed by atoms with van der Waals surface area (Å²) in [4.78, 5) is 18.1. The predicted octanol–water partition coefficient (Wildman–Crippen LogP) is 2.88. The van der Waals surface area contributed by atoms with Crippen LogP contribution in [0.4, 0.5) is 0 Å². The van der Waals surface area contributed by atoms with Crippen LogP contribution in [0.25, 0.3) is 0 Å². The van der Waals surface area contributed by atoms with Crippen molar-refractivity contribution in [2.45, 2.75) is 25.8 Å². The molecule has 1 fully saturated rings. The Morgan fingerprint density at radius 3 is 2.58 bits per heavy atom. The number of amides is 1. The maximum absolute atomic E-state index is 11.5. The molecule has 1 heterocycles. The number of piperidine rings is 1. The van der Waals surface area contributed by atoms with Crippen LogP contribution >= 0.6 is 35.6 Å². The van der Waals surface area contributed by atoms with Crippen LogP contribution in [0.1, 0.15) is 24.8 Å². The van der Waals surface area contributed by atoms with Gasteiger partial charge in [-0.15, -0.1) is 24.0 Å². The molecule has 1 aliphatic rings. The second kappa shape index (κ2) is 10.8. The summed E-state index contributed by atoms with van der Waals surface area (Å²) in [7, 11) is 3.49. The highest BCUT2D eigenvalue weighted by Crippen LogP contribution is 2.20. The summed E-state index contributed by atoms with van der Waals surface area (Å²) in [5, 5.41) is 6.84. The molecule has 2 rings (SSSR count). The molecule has 0 spiro atoms. The minimum absolute atomic E-state index is 0. The SMILES string of the molecule is CN=C(NCc1ccccc1Cl)N1CCC(CC(=O)NC)CC1.I. The molecule has 1 aromatic carbocycles. The number of guanidine groups is 1. The van der Waals surface area contributed by atoms with Gasteiger partial charge in [0.2, 0.25) is 5.91 Å². The van der Waals surface area contributed by atoms with Crippen LogP contribution in [0.2, 0.25) is 5.02 Å². The van der Waals surface area contributed by atoms with Crippen molar-refractivity contribution in [3.63, 3.8) is 0 Å². The van der Waals surface area contributed by atoms with E-state index in [1.54, 1.807) is 14.1 Å². The molecule has 1 saturated heterocycles. The first-order valence-electron chi connectivity index (χ1n) is 8.03. The summed E-state index contributed by atoms with van der Waals surface area (Å²) in [6, 6.07) is 7.82. The molecule has 0 aromatic heterocycles. The molecule has 2 N–H and O–H groups in total. The first kappa shape index (κ1) is 21.0. The van der Waals surface area contributed by atoms with Crippen LogP contribution in [0.3, 0.4) is 0 Å². The lowest BCUT2D eigenvalue weighted by molar-refractivity contribution is -0.121. The molecule has 0 aliphatic carbocycles. The number of rotatable bonds is 4. The highest BCUT2D eigenvalue weighted by atomic mass is 127. The number of hydrogen-bond donors (Lipinski definition) is 2. The molecule has 1 aromatic rings. The summed E-state index contributed by atoms with van der Waals surface area (Å²) in [6.45, 7) is 2.50. The summed E-state index contributed by atoms with van der Waals surface area (Å²) < 4.78 is 0. The van der Waals surface area contributed by atoms with Gasteiger partial charge in [-0.2, -0.15) is 0 Å². The molecule has 7 heteroatoms. The third kappa shape index (κ3) is 6.12. The predicted molar refractivity (Wildman–Crippen MR) is 110 cm³/mol. The maximum Gasteiger partial charge on any atom is 0.220 e. The zero-order valence-corrected chi connectivity index (χ0v) is 17.3. The Bertz CT molecular complexity index is 559. The van der Waals surface area contributed by atoms with Gasteiger partial charge in [-0.05, 0) is 30.4 Å². The number of nitrogens with zero attached hydrogens (tertiary/aromatic N) is 2. The summed E-state index contributed by atoms with van der Waals surface area (Å²) in [6.07, 6.45) is 2.65. The van der Waals surface area contributed by atoms with E-state index in [4.69, 9.17) is 11.6 Å². The van der Waals surface area contributed by atoms with E-state index < -0.39 is 0 Å². The highest BCUT2D eigenvalue weighted by molar-refractivity contribution is 14.0. The van der Waals surface area contributed by atoms with Crippen molar-refractivity contribution in [2.75, 3.05) is 27.2 Å². The monoisotopic (exact) mass is 464 g/mol. The molecular formula is C17H26ClIN4O. The van der Waals surface area contributed by atoms with E-state index in [0.29, 0.717) is 18.9 Å². The third-order valence-corrected chi connectivity index (χ3v) is 4.64. The number of hydrogen-bond acceptors (Lipinski definition) is 2. The van der Waals surface area contributed by atoms with Crippen LogP contribution in [0.5, 0.6) is 0 Å². The summed E-state index contributed by atoms with van der Waals surface area (Å²) in [5.74, 6) is 1.49. The average molecular weight is 465 g/mol. The van der Waals surface area contributed by atoms with Crippen molar-refractivity contribution < 1.29 is 4.79 Å². The van der Waals surface area contributed by atoms with E-state index in [9.17, 15) is 4.79 Å². The Balaban J connectivity index is 0.00000288. The van der Waals surface area contributed by atoms with Gasteiger partial charge in [0, 0.05) is 45.2 Å². The van der Waals surface area contributed by atoms with E-state index in [2.05, 4.69) is 20.5 Å². The van der Waals surface area contributed by atoms with Gasteiger partial charge in [0.25, 0.3) is 0 Å². The van der Waals surface area contributed by atoms with Crippen LogP contribution in [0, 0.1) is 5.92 Å². The molecule has 0 bridgehead atoms. The summed E-state index contributed by atoms with van der Waals surface area (Å²) in [5.41, 5.74) is 1.06. The van der Waals surface area contributed by atoms with Gasteiger partial charge < -0.3 is 15.5 Å². The van der Waals surface area contributed by atoms with Gasteiger partial charge in [-0.25, -0.2) is 0 Å². The normalized spacial score (nSPS) is 15.6. The molecular weight excluding hydrogens is 439 g/mol. The fourth-order valence-electron chi connectivity index (χ4n) is 2.86. The van der Waals surface area contributed by atoms with Crippen molar-refractivity contribution in [3.05, 3.63) is 34.9 Å². The number of benzene rings is 1. The Kier molecular flexibility index (Phi) is 9.43. The molecule has 1 aliphatic heterocycles. The highest BCUT2D eigenvalue weighted by Gasteiger charge is 2.23. The second-order valence-electron chi connectivity index (χ2n) is 5.80. The van der Waals surface area contributed by atoms with Gasteiger partial charge >= 0.3 is 0 Å². The van der Waals surface area contributed by atoms with Gasteiger partial charge in [0.1, 0.15) is 0 Å². The minimum Gasteiger partial charge on any atom is -0.359 e. The van der Waals surface area contributed by atoms with E-state index >= 15 is 0 Å². The van der Waals surface area contributed by atoms with E-state index in [1.807, 2.05) is 24.3 Å². The van der Waals surface area contributed by atoms with Gasteiger partial charge in [-0.1, -0.05) is 29.8 Å². The third-order valence-electron chi connectivity index (χ3n) is 4.27. The topological polar surface area (TPSA) is 56.7 Å². The van der Waals surface area contributed by atoms with Crippen LogP contribution in [-0.4, -0.2) is 44.0 Å². The van der Waals surface area contributed by atoms with Crippen molar-refractivity contribution in [1.82, 2.24) is 15.5 Å². The van der Waals surface area contributed by atoms with Gasteiger partial charge in [0.05, 0.1) is 0 Å². The molecule has 5 nitrogen and oxygen atoms in total. The number of likely N-dealkylation sites (tertiary alicyclic amines) is 1. The number of nitrogens with one attached hydrogen (secondary N) is 2. The number of halogens is 2. The zero-order chi connectivity index (χ0) is 16.7. The van der Waals surface area contributed by atoms with E-state index in [-0.39, 0.29) is 29.9 Å². The molecule has 134 valence electrons. The Morgan fingerprint density at radius 1 is 1.33 bits per heavy atom. The number of aliphatic imine (C=N–C) groups is 1. The van der Waals surface area contributed by atoms with E-state index in [1.165, 1.54) is 0 Å². The Hall–Kier alpha value is -1.02. The standard InChI is InChI=1S/C17H25ClN4O.HI/c1-19-16(23)11-13-7-9-22(10-8-13)17(20-2)21-12-14-5-3-4-6-15(14)18;/h3-6,13H,7-12H2,1-2H3,(H,19,23)(H,20,21);1H. The average Bonchev–Trinajstić information content (AvgIpc) is 2.58. The second-order valence-corrected chi connectivity index (χ2v) is 6.21. The quantitative estimate of drug-likeness (QED) is 0.409. The molecule has 0 radical (unpaired) electrons. The van der Waals surface area contributed by atoms with Gasteiger partial charge in [-0.3, -0.25) is 9.79 Å². The molecule has 0 atom stereocenters. The lowest BCUT2D eigenvalue weighted by Crippen LogP contribution is -2.45. The minimum atomic E-state index is 0. The smallest absolute Gasteiger partial charge is 0.220 e. The first-order chi connectivity index (χ1) is 11.1. The van der Waals surface area contributed by atoms with Gasteiger partial charge in [0.15, 0.2) is 5.96 Å². The largest absolute Gasteiger partial charge is 0.359 e.